The third kappa shape index (κ3) is 4.30. The SMILES string of the molecule is CCN(CCC(=O)c1ccc(Cl)cc1)c1cccc(F)c1. The molecular formula is C17H17ClFNO. The average Bonchev–Trinajstić information content (AvgIpc) is 2.48. The maximum Gasteiger partial charge on any atom is 0.164 e. The molecule has 0 bridgehead atoms. The highest BCUT2D eigenvalue weighted by Gasteiger charge is 2.10. The molecule has 0 aromatic heterocycles. The highest BCUT2D eigenvalue weighted by Crippen LogP contribution is 2.17. The van der Waals surface area contributed by atoms with Crippen LogP contribution in [0.4, 0.5) is 10.1 Å². The van der Waals surface area contributed by atoms with Gasteiger partial charge in [-0.25, -0.2) is 4.39 Å². The van der Waals surface area contributed by atoms with Crippen molar-refractivity contribution in [2.45, 2.75) is 13.3 Å². The van der Waals surface area contributed by atoms with E-state index in [-0.39, 0.29) is 11.6 Å². The van der Waals surface area contributed by atoms with E-state index in [1.54, 1.807) is 30.3 Å². The van der Waals surface area contributed by atoms with Crippen LogP contribution in [-0.4, -0.2) is 18.9 Å². The predicted octanol–water partition coefficient (Wildman–Crippen LogP) is 4.58. The van der Waals surface area contributed by atoms with Gasteiger partial charge in [0.1, 0.15) is 5.82 Å². The molecule has 0 N–H and O–H groups in total. The Morgan fingerprint density at radius 2 is 1.90 bits per heavy atom. The zero-order chi connectivity index (χ0) is 15.2. The molecule has 4 heteroatoms. The van der Waals surface area contributed by atoms with Crippen molar-refractivity contribution >= 4 is 23.1 Å². The summed E-state index contributed by atoms with van der Waals surface area (Å²) in [6, 6.07) is 13.3. The fraction of sp³-hybridized carbons (Fsp3) is 0.235. The summed E-state index contributed by atoms with van der Waals surface area (Å²) in [7, 11) is 0. The second-order valence-corrected chi connectivity index (χ2v) is 5.18. The molecule has 2 aromatic rings. The number of anilines is 1. The molecule has 2 nitrogen and oxygen atoms in total. The monoisotopic (exact) mass is 305 g/mol. The van der Waals surface area contributed by atoms with Crippen LogP contribution in [0.5, 0.6) is 0 Å². The number of carbonyl (C=O) groups excluding carboxylic acids is 1. The summed E-state index contributed by atoms with van der Waals surface area (Å²) in [6.45, 7) is 3.26. The Kier molecular flexibility index (Phi) is 5.34. The van der Waals surface area contributed by atoms with Gasteiger partial charge in [-0.3, -0.25) is 4.79 Å². The first-order valence-electron chi connectivity index (χ1n) is 6.89. The molecule has 0 unspecified atom stereocenters. The molecule has 0 atom stereocenters. The molecule has 2 aromatic carbocycles. The topological polar surface area (TPSA) is 20.3 Å². The zero-order valence-corrected chi connectivity index (χ0v) is 12.6. The maximum atomic E-state index is 13.3. The van der Waals surface area contributed by atoms with Gasteiger partial charge < -0.3 is 4.90 Å². The van der Waals surface area contributed by atoms with Crippen molar-refractivity contribution in [3.8, 4) is 0 Å². The Hall–Kier alpha value is -1.87. The number of hydrogen-bond donors (Lipinski definition) is 0. The third-order valence-electron chi connectivity index (χ3n) is 3.33. The first-order chi connectivity index (χ1) is 10.1. The van der Waals surface area contributed by atoms with Crippen molar-refractivity contribution in [3.05, 3.63) is 64.9 Å². The minimum Gasteiger partial charge on any atom is -0.371 e. The van der Waals surface area contributed by atoms with Gasteiger partial charge in [0.25, 0.3) is 0 Å². The number of rotatable bonds is 6. The van der Waals surface area contributed by atoms with Crippen molar-refractivity contribution < 1.29 is 9.18 Å². The standard InChI is InChI=1S/C17H17ClFNO/c1-2-20(16-5-3-4-15(19)12-16)11-10-17(21)13-6-8-14(18)9-7-13/h3-9,12H,2,10-11H2,1H3. The predicted molar refractivity (Wildman–Crippen MR) is 84.7 cm³/mol. The van der Waals surface area contributed by atoms with Crippen LogP contribution >= 0.6 is 11.6 Å². The lowest BCUT2D eigenvalue weighted by atomic mass is 10.1. The van der Waals surface area contributed by atoms with Gasteiger partial charge in [-0.05, 0) is 49.4 Å². The summed E-state index contributed by atoms with van der Waals surface area (Å²) >= 11 is 5.81. The lowest BCUT2D eigenvalue weighted by Crippen LogP contribution is -2.25. The molecule has 0 radical (unpaired) electrons. The average molecular weight is 306 g/mol. The Morgan fingerprint density at radius 1 is 1.19 bits per heavy atom. The summed E-state index contributed by atoms with van der Waals surface area (Å²) < 4.78 is 13.3. The highest BCUT2D eigenvalue weighted by atomic mass is 35.5. The van der Waals surface area contributed by atoms with Gasteiger partial charge in [-0.2, -0.15) is 0 Å². The van der Waals surface area contributed by atoms with Crippen molar-refractivity contribution in [2.75, 3.05) is 18.0 Å². The number of Topliss-reactive ketones (excluding diaryl/α,β-unsaturated/α-hetero) is 1. The molecule has 0 fully saturated rings. The Bertz CT molecular complexity index is 612. The number of halogens is 2. The smallest absolute Gasteiger partial charge is 0.164 e. The molecule has 0 heterocycles. The highest BCUT2D eigenvalue weighted by molar-refractivity contribution is 6.30. The summed E-state index contributed by atoms with van der Waals surface area (Å²) in [5.74, 6) is -0.212. The fourth-order valence-electron chi connectivity index (χ4n) is 2.16. The molecular weight excluding hydrogens is 289 g/mol. The molecule has 21 heavy (non-hydrogen) atoms. The van der Waals surface area contributed by atoms with Gasteiger partial charge in [0.2, 0.25) is 0 Å². The molecule has 2 rings (SSSR count). The number of nitrogens with zero attached hydrogens (tertiary/aromatic N) is 1. The molecule has 0 amide bonds. The van der Waals surface area contributed by atoms with Crippen LogP contribution in [0.15, 0.2) is 48.5 Å². The first-order valence-corrected chi connectivity index (χ1v) is 7.27. The second-order valence-electron chi connectivity index (χ2n) is 4.74. The summed E-state index contributed by atoms with van der Waals surface area (Å²) in [5.41, 5.74) is 1.44. The van der Waals surface area contributed by atoms with E-state index >= 15 is 0 Å². The Labute approximate surface area is 129 Å². The maximum absolute atomic E-state index is 13.3. The van der Waals surface area contributed by atoms with Crippen molar-refractivity contribution in [1.29, 1.82) is 0 Å². The van der Waals surface area contributed by atoms with E-state index < -0.39 is 0 Å². The van der Waals surface area contributed by atoms with Gasteiger partial charge in [0, 0.05) is 35.8 Å². The van der Waals surface area contributed by atoms with Crippen LogP contribution < -0.4 is 4.90 Å². The van der Waals surface area contributed by atoms with E-state index in [0.717, 1.165) is 12.2 Å². The molecule has 0 aliphatic rings. The van der Waals surface area contributed by atoms with E-state index in [1.165, 1.54) is 12.1 Å². The van der Waals surface area contributed by atoms with Gasteiger partial charge in [0.15, 0.2) is 5.78 Å². The Morgan fingerprint density at radius 3 is 2.52 bits per heavy atom. The van der Waals surface area contributed by atoms with Crippen molar-refractivity contribution in [2.24, 2.45) is 0 Å². The van der Waals surface area contributed by atoms with E-state index in [0.29, 0.717) is 23.6 Å². The van der Waals surface area contributed by atoms with Crippen LogP contribution in [0.25, 0.3) is 0 Å². The number of hydrogen-bond acceptors (Lipinski definition) is 2. The van der Waals surface area contributed by atoms with Gasteiger partial charge in [0.05, 0.1) is 0 Å². The first kappa shape index (κ1) is 15.5. The minimum atomic E-state index is -0.269. The molecule has 0 spiro atoms. The minimum absolute atomic E-state index is 0.0570. The second kappa shape index (κ2) is 7.23. The molecule has 0 aliphatic heterocycles. The summed E-state index contributed by atoms with van der Waals surface area (Å²) in [6.07, 6.45) is 0.381. The van der Waals surface area contributed by atoms with Crippen LogP contribution in [0.3, 0.4) is 0 Å². The summed E-state index contributed by atoms with van der Waals surface area (Å²) in [4.78, 5) is 14.1. The largest absolute Gasteiger partial charge is 0.371 e. The molecule has 0 aliphatic carbocycles. The Balaban J connectivity index is 2.00. The van der Waals surface area contributed by atoms with Crippen molar-refractivity contribution in [3.63, 3.8) is 0 Å². The van der Waals surface area contributed by atoms with Crippen molar-refractivity contribution in [1.82, 2.24) is 0 Å². The van der Waals surface area contributed by atoms with E-state index in [9.17, 15) is 9.18 Å². The van der Waals surface area contributed by atoms with E-state index in [2.05, 4.69) is 0 Å². The lowest BCUT2D eigenvalue weighted by molar-refractivity contribution is 0.0984. The number of ketones is 1. The van der Waals surface area contributed by atoms with Crippen LogP contribution in [0, 0.1) is 5.82 Å². The van der Waals surface area contributed by atoms with Crippen LogP contribution in [-0.2, 0) is 0 Å². The van der Waals surface area contributed by atoms with E-state index in [1.807, 2.05) is 17.9 Å². The number of carbonyl (C=O) groups is 1. The lowest BCUT2D eigenvalue weighted by Gasteiger charge is -2.22. The third-order valence-corrected chi connectivity index (χ3v) is 3.58. The normalized spacial score (nSPS) is 10.4. The van der Waals surface area contributed by atoms with Crippen LogP contribution in [0.2, 0.25) is 5.02 Å². The van der Waals surface area contributed by atoms with Crippen LogP contribution in [0.1, 0.15) is 23.7 Å². The molecule has 110 valence electrons. The number of benzene rings is 2. The molecule has 0 saturated carbocycles. The quantitative estimate of drug-likeness (QED) is 0.728. The summed E-state index contributed by atoms with van der Waals surface area (Å²) in [5, 5.41) is 0.612. The van der Waals surface area contributed by atoms with Gasteiger partial charge >= 0.3 is 0 Å². The van der Waals surface area contributed by atoms with E-state index in [4.69, 9.17) is 11.6 Å². The van der Waals surface area contributed by atoms with Gasteiger partial charge in [-0.1, -0.05) is 17.7 Å². The molecule has 0 saturated heterocycles. The fourth-order valence-corrected chi connectivity index (χ4v) is 2.29. The zero-order valence-electron chi connectivity index (χ0n) is 11.9. The van der Waals surface area contributed by atoms with Gasteiger partial charge in [-0.15, -0.1) is 0 Å².